The van der Waals surface area contributed by atoms with E-state index in [1.807, 2.05) is 18.2 Å². The molecule has 1 aliphatic rings. The summed E-state index contributed by atoms with van der Waals surface area (Å²) in [4.78, 5) is 41.4. The number of nitrogens with one attached hydrogen (secondary N) is 1. The van der Waals surface area contributed by atoms with E-state index in [-0.39, 0.29) is 17.4 Å². The molecule has 0 saturated carbocycles. The number of carbonyl (C=O) groups excluding carboxylic acids is 3. The fraction of sp³-hybridized carbons (Fsp3) is 0.350. The maximum Gasteiger partial charge on any atom is 0.355 e. The Labute approximate surface area is 152 Å². The molecule has 1 N–H and O–H groups in total. The first-order chi connectivity index (χ1) is 12.6. The van der Waals surface area contributed by atoms with Crippen LogP contribution in [0.25, 0.3) is 0 Å². The van der Waals surface area contributed by atoms with Gasteiger partial charge in [-0.05, 0) is 32.3 Å². The van der Waals surface area contributed by atoms with Gasteiger partial charge in [0.05, 0.1) is 0 Å². The van der Waals surface area contributed by atoms with Crippen molar-refractivity contribution in [1.82, 2.24) is 9.88 Å². The molecule has 1 atom stereocenters. The third kappa shape index (κ3) is 4.02. The predicted octanol–water partition coefficient (Wildman–Crippen LogP) is 3.13. The van der Waals surface area contributed by atoms with Gasteiger partial charge in [0, 0.05) is 30.4 Å². The van der Waals surface area contributed by atoms with Crippen LogP contribution in [0.1, 0.15) is 58.7 Å². The number of H-pyrrole nitrogens is 1. The maximum atomic E-state index is 13.0. The van der Waals surface area contributed by atoms with Crippen LogP contribution in [0.15, 0.2) is 42.6 Å². The smallest absolute Gasteiger partial charge is 0.355 e. The van der Waals surface area contributed by atoms with Gasteiger partial charge < -0.3 is 14.6 Å². The van der Waals surface area contributed by atoms with E-state index in [0.29, 0.717) is 24.2 Å². The Hall–Kier alpha value is -2.89. The fourth-order valence-corrected chi connectivity index (χ4v) is 3.05. The molecular formula is C20H22N2O4. The summed E-state index contributed by atoms with van der Waals surface area (Å²) in [6, 6.07) is 10.4. The number of ketones is 1. The lowest BCUT2D eigenvalue weighted by atomic mass is 10.1. The molecule has 26 heavy (non-hydrogen) atoms. The lowest BCUT2D eigenvalue weighted by Crippen LogP contribution is -2.40. The Balaban J connectivity index is 1.82. The third-order valence-corrected chi connectivity index (χ3v) is 4.53. The zero-order valence-corrected chi connectivity index (χ0v) is 14.7. The second-order valence-electron chi connectivity index (χ2n) is 6.44. The number of likely N-dealkylation sites (tertiary alicyclic amines) is 1. The van der Waals surface area contributed by atoms with Crippen LogP contribution in [0.4, 0.5) is 0 Å². The van der Waals surface area contributed by atoms with Crippen molar-refractivity contribution in [2.24, 2.45) is 0 Å². The van der Waals surface area contributed by atoms with Gasteiger partial charge in [0.1, 0.15) is 5.69 Å². The molecule has 0 spiro atoms. The van der Waals surface area contributed by atoms with Crippen molar-refractivity contribution in [3.05, 3.63) is 59.4 Å². The van der Waals surface area contributed by atoms with Crippen molar-refractivity contribution in [2.45, 2.75) is 32.3 Å². The summed E-state index contributed by atoms with van der Waals surface area (Å²) in [5, 5.41) is 0. The van der Waals surface area contributed by atoms with Gasteiger partial charge in [-0.1, -0.05) is 30.3 Å². The van der Waals surface area contributed by atoms with Gasteiger partial charge in [0.2, 0.25) is 6.10 Å². The minimum atomic E-state index is -0.995. The second-order valence-corrected chi connectivity index (χ2v) is 6.44. The highest BCUT2D eigenvalue weighted by molar-refractivity contribution is 5.98. The molecule has 3 rings (SSSR count). The van der Waals surface area contributed by atoms with Crippen molar-refractivity contribution in [1.29, 1.82) is 0 Å². The number of amides is 1. The van der Waals surface area contributed by atoms with E-state index < -0.39 is 12.1 Å². The molecule has 2 aromatic rings. The number of carbonyl (C=O) groups is 3. The standard InChI is InChI=1S/C20H22N2O4/c1-14(23)16-12-17(21-13-16)20(25)26-18(15-8-4-2-5-9-15)19(24)22-10-6-3-7-11-22/h2,4-5,8-9,12-13,18,21H,3,6-7,10-11H2,1H3. The third-order valence-electron chi connectivity index (χ3n) is 4.53. The molecule has 1 aromatic carbocycles. The molecule has 1 fully saturated rings. The molecule has 1 saturated heterocycles. The van der Waals surface area contributed by atoms with Gasteiger partial charge in [0.25, 0.3) is 5.91 Å². The molecule has 2 heterocycles. The largest absolute Gasteiger partial charge is 0.443 e. The Kier molecular flexibility index (Phi) is 5.51. The molecular weight excluding hydrogens is 332 g/mol. The summed E-state index contributed by atoms with van der Waals surface area (Å²) >= 11 is 0. The Morgan fingerprint density at radius 1 is 1.08 bits per heavy atom. The van der Waals surface area contributed by atoms with E-state index in [4.69, 9.17) is 4.74 Å². The summed E-state index contributed by atoms with van der Waals surface area (Å²) < 4.78 is 5.56. The zero-order chi connectivity index (χ0) is 18.5. The minimum Gasteiger partial charge on any atom is -0.443 e. The van der Waals surface area contributed by atoms with E-state index in [2.05, 4.69) is 4.98 Å². The van der Waals surface area contributed by atoms with Crippen LogP contribution in [0.2, 0.25) is 0 Å². The monoisotopic (exact) mass is 354 g/mol. The van der Waals surface area contributed by atoms with Crippen molar-refractivity contribution in [3.63, 3.8) is 0 Å². The number of aromatic nitrogens is 1. The number of ether oxygens (including phenoxy) is 1. The lowest BCUT2D eigenvalue weighted by molar-refractivity contribution is -0.142. The van der Waals surface area contributed by atoms with Crippen LogP contribution < -0.4 is 0 Å². The molecule has 0 radical (unpaired) electrons. The molecule has 1 unspecified atom stereocenters. The first-order valence-electron chi connectivity index (χ1n) is 8.80. The number of esters is 1. The number of hydrogen-bond donors (Lipinski definition) is 1. The van der Waals surface area contributed by atoms with Crippen LogP contribution in [0.5, 0.6) is 0 Å². The summed E-state index contributed by atoms with van der Waals surface area (Å²) in [6.45, 7) is 2.78. The van der Waals surface area contributed by atoms with E-state index in [9.17, 15) is 14.4 Å². The fourth-order valence-electron chi connectivity index (χ4n) is 3.05. The van der Waals surface area contributed by atoms with Gasteiger partial charge >= 0.3 is 5.97 Å². The molecule has 1 aromatic heterocycles. The average Bonchev–Trinajstić information content (AvgIpc) is 3.17. The second kappa shape index (κ2) is 7.99. The van der Waals surface area contributed by atoms with E-state index in [0.717, 1.165) is 19.3 Å². The minimum absolute atomic E-state index is 0.149. The quantitative estimate of drug-likeness (QED) is 0.661. The molecule has 0 aliphatic carbocycles. The number of Topliss-reactive ketones (excluding diaryl/α,β-unsaturated/α-hetero) is 1. The number of hydrogen-bond acceptors (Lipinski definition) is 4. The summed E-state index contributed by atoms with van der Waals surface area (Å²) in [7, 11) is 0. The highest BCUT2D eigenvalue weighted by atomic mass is 16.5. The molecule has 6 nitrogen and oxygen atoms in total. The van der Waals surface area contributed by atoms with Crippen LogP contribution in [-0.4, -0.2) is 40.6 Å². The van der Waals surface area contributed by atoms with Crippen molar-refractivity contribution in [2.75, 3.05) is 13.1 Å². The zero-order valence-electron chi connectivity index (χ0n) is 14.7. The van der Waals surface area contributed by atoms with Gasteiger partial charge in [-0.2, -0.15) is 0 Å². The molecule has 1 aliphatic heterocycles. The predicted molar refractivity (Wildman–Crippen MR) is 95.8 cm³/mol. The highest BCUT2D eigenvalue weighted by Crippen LogP contribution is 2.24. The molecule has 6 heteroatoms. The topological polar surface area (TPSA) is 79.5 Å². The van der Waals surface area contributed by atoms with Gasteiger partial charge in [-0.3, -0.25) is 9.59 Å². The average molecular weight is 354 g/mol. The molecule has 0 bridgehead atoms. The van der Waals surface area contributed by atoms with E-state index in [1.165, 1.54) is 19.2 Å². The lowest BCUT2D eigenvalue weighted by Gasteiger charge is -2.30. The van der Waals surface area contributed by atoms with Gasteiger partial charge in [-0.25, -0.2) is 4.79 Å². The summed E-state index contributed by atoms with van der Waals surface area (Å²) in [6.07, 6.45) is 3.49. The first-order valence-corrected chi connectivity index (χ1v) is 8.80. The SMILES string of the molecule is CC(=O)c1c[nH]c(C(=O)OC(C(=O)N2CCCCC2)c2ccccc2)c1. The van der Waals surface area contributed by atoms with Crippen molar-refractivity contribution >= 4 is 17.7 Å². The maximum absolute atomic E-state index is 13.0. The van der Waals surface area contributed by atoms with Crippen LogP contribution >= 0.6 is 0 Å². The van der Waals surface area contributed by atoms with Gasteiger partial charge in [-0.15, -0.1) is 0 Å². The Bertz CT molecular complexity index is 791. The Morgan fingerprint density at radius 2 is 1.77 bits per heavy atom. The van der Waals surface area contributed by atoms with Crippen LogP contribution in [-0.2, 0) is 9.53 Å². The number of nitrogens with zero attached hydrogens (tertiary/aromatic N) is 1. The van der Waals surface area contributed by atoms with Crippen LogP contribution in [0, 0.1) is 0 Å². The van der Waals surface area contributed by atoms with Crippen molar-refractivity contribution in [3.8, 4) is 0 Å². The number of rotatable bonds is 5. The van der Waals surface area contributed by atoms with Crippen LogP contribution in [0.3, 0.4) is 0 Å². The number of benzene rings is 1. The normalized spacial score (nSPS) is 15.3. The van der Waals surface area contributed by atoms with Gasteiger partial charge in [0.15, 0.2) is 5.78 Å². The summed E-state index contributed by atoms with van der Waals surface area (Å²) in [5.74, 6) is -1.01. The first kappa shape index (κ1) is 17.9. The Morgan fingerprint density at radius 3 is 2.38 bits per heavy atom. The van der Waals surface area contributed by atoms with E-state index >= 15 is 0 Å². The highest BCUT2D eigenvalue weighted by Gasteiger charge is 2.31. The number of aromatic amines is 1. The van der Waals surface area contributed by atoms with E-state index in [1.54, 1.807) is 17.0 Å². The van der Waals surface area contributed by atoms with Crippen molar-refractivity contribution < 1.29 is 19.1 Å². The summed E-state index contributed by atoms with van der Waals surface area (Å²) in [5.41, 5.74) is 1.19. The molecule has 136 valence electrons. The molecule has 1 amide bonds. The number of piperidine rings is 1.